The molecule has 9 nitrogen and oxygen atoms in total. The predicted molar refractivity (Wildman–Crippen MR) is 162 cm³/mol. The second kappa shape index (κ2) is 14.8. The van der Waals surface area contributed by atoms with E-state index in [-0.39, 0.29) is 23.9 Å². The van der Waals surface area contributed by atoms with Gasteiger partial charge in [-0.1, -0.05) is 25.4 Å². The van der Waals surface area contributed by atoms with Crippen molar-refractivity contribution < 1.29 is 33.2 Å². The number of fused-ring (bicyclic) bond motifs is 1. The first-order valence-corrected chi connectivity index (χ1v) is 15.1. The first-order valence-electron chi connectivity index (χ1n) is 14.7. The molecule has 2 fully saturated rings. The summed E-state index contributed by atoms with van der Waals surface area (Å²) in [6.45, 7) is 18.5. The van der Waals surface area contributed by atoms with Crippen LogP contribution >= 0.6 is 11.6 Å². The maximum atomic E-state index is 13.4. The van der Waals surface area contributed by atoms with Crippen LogP contribution in [0.15, 0.2) is 36.5 Å². The van der Waals surface area contributed by atoms with E-state index >= 15 is 0 Å². The number of pyridine rings is 1. The minimum absolute atomic E-state index is 0.118. The van der Waals surface area contributed by atoms with Crippen molar-refractivity contribution >= 4 is 17.5 Å². The topological polar surface area (TPSA) is 88.6 Å². The van der Waals surface area contributed by atoms with Gasteiger partial charge in [0.05, 0.1) is 36.0 Å². The molecule has 1 aromatic carbocycles. The highest BCUT2D eigenvalue weighted by molar-refractivity contribution is 6.32. The summed E-state index contributed by atoms with van der Waals surface area (Å²) >= 11 is 6.45. The van der Waals surface area contributed by atoms with Crippen molar-refractivity contribution in [1.29, 1.82) is 0 Å². The van der Waals surface area contributed by atoms with Gasteiger partial charge in [-0.25, -0.2) is 0 Å². The summed E-state index contributed by atoms with van der Waals surface area (Å²) in [7, 11) is 0. The van der Waals surface area contributed by atoms with Crippen LogP contribution in [-0.4, -0.2) is 79.4 Å². The minimum atomic E-state index is -0.803. The molecule has 1 amide bonds. The molecule has 0 saturated carbocycles. The first kappa shape index (κ1) is 34.1. The van der Waals surface area contributed by atoms with E-state index in [2.05, 4.69) is 4.98 Å². The van der Waals surface area contributed by atoms with Crippen molar-refractivity contribution in [3.05, 3.63) is 52.8 Å². The van der Waals surface area contributed by atoms with E-state index in [4.69, 9.17) is 40.0 Å². The summed E-state index contributed by atoms with van der Waals surface area (Å²) < 4.78 is 35.5. The van der Waals surface area contributed by atoms with Crippen molar-refractivity contribution in [2.45, 2.75) is 84.7 Å². The van der Waals surface area contributed by atoms with Crippen LogP contribution in [0.4, 0.5) is 0 Å². The third-order valence-electron chi connectivity index (χ3n) is 6.63. The Kier molecular flexibility index (Phi) is 12.0. The summed E-state index contributed by atoms with van der Waals surface area (Å²) in [6.07, 6.45) is 1.84. The van der Waals surface area contributed by atoms with Crippen LogP contribution in [0.25, 0.3) is 0 Å². The molecule has 0 N–H and O–H groups in total. The number of halogens is 1. The molecule has 0 aliphatic carbocycles. The number of benzene rings is 1. The van der Waals surface area contributed by atoms with Crippen LogP contribution in [0.3, 0.4) is 0 Å². The summed E-state index contributed by atoms with van der Waals surface area (Å²) in [5, 5.41) is 0.374. The Morgan fingerprint density at radius 2 is 1.64 bits per heavy atom. The number of carbonyl (C=O) groups is 1. The van der Waals surface area contributed by atoms with E-state index < -0.39 is 11.7 Å². The average Bonchev–Trinajstić information content (AvgIpc) is 3.38. The number of hydrogen-bond donors (Lipinski definition) is 0. The van der Waals surface area contributed by atoms with Crippen LogP contribution in [0.2, 0.25) is 5.02 Å². The number of ether oxygens (including phenoxy) is 6. The minimum Gasteiger partial charge on any atom is -0.490 e. The van der Waals surface area contributed by atoms with Crippen molar-refractivity contribution in [2.24, 2.45) is 0 Å². The Balaban J connectivity index is 0.00000237. The fraction of sp³-hybridized carbons (Fsp3) is 0.625. The Labute approximate surface area is 255 Å². The molecule has 4 rings (SSSR count). The van der Waals surface area contributed by atoms with Crippen molar-refractivity contribution in [2.75, 3.05) is 46.3 Å². The van der Waals surface area contributed by atoms with E-state index in [1.165, 1.54) is 0 Å². The predicted octanol–water partition coefficient (Wildman–Crippen LogP) is 6.26. The molecule has 0 bridgehead atoms. The highest BCUT2D eigenvalue weighted by atomic mass is 35.5. The Hall–Kier alpha value is -2.43. The summed E-state index contributed by atoms with van der Waals surface area (Å²) in [6, 6.07) is 8.80. The molecule has 0 radical (unpaired) electrons. The molecule has 10 heteroatoms. The van der Waals surface area contributed by atoms with E-state index in [9.17, 15) is 4.79 Å². The van der Waals surface area contributed by atoms with Gasteiger partial charge in [0.25, 0.3) is 5.91 Å². The zero-order valence-corrected chi connectivity index (χ0v) is 27.1. The third-order valence-corrected chi connectivity index (χ3v) is 6.93. The van der Waals surface area contributed by atoms with Crippen LogP contribution < -0.4 is 9.47 Å². The van der Waals surface area contributed by atoms with E-state index in [1.54, 1.807) is 29.3 Å². The first-order chi connectivity index (χ1) is 19.9. The molecule has 2 aliphatic heterocycles. The number of aromatic nitrogens is 1. The lowest BCUT2D eigenvalue weighted by atomic mass is 9.84. The maximum absolute atomic E-state index is 13.4. The quantitative estimate of drug-likeness (QED) is 0.293. The monoisotopic (exact) mass is 606 g/mol. The molecule has 1 aromatic heterocycles. The normalized spacial score (nSPS) is 20.4. The zero-order chi connectivity index (χ0) is 31.0. The summed E-state index contributed by atoms with van der Waals surface area (Å²) in [5.41, 5.74) is -0.125. The average molecular weight is 607 g/mol. The van der Waals surface area contributed by atoms with Gasteiger partial charge in [-0.05, 0) is 71.9 Å². The van der Waals surface area contributed by atoms with E-state index in [0.717, 1.165) is 0 Å². The fourth-order valence-electron chi connectivity index (χ4n) is 4.76. The molecular weight excluding hydrogens is 560 g/mol. The van der Waals surface area contributed by atoms with Crippen molar-refractivity contribution in [1.82, 2.24) is 9.88 Å². The summed E-state index contributed by atoms with van der Waals surface area (Å²) in [5.74, 6) is 1.01. The van der Waals surface area contributed by atoms with Gasteiger partial charge in [0, 0.05) is 24.7 Å². The largest absolute Gasteiger partial charge is 0.490 e. The molecule has 0 spiro atoms. The van der Waals surface area contributed by atoms with Crippen LogP contribution in [0.5, 0.6) is 11.5 Å². The van der Waals surface area contributed by atoms with Crippen LogP contribution in [-0.2, 0) is 24.5 Å². The SMILES string of the molecule is CC.CC(C)(C)OCCOc1ccc(C(=O)N2CCC3(c4ncccc4OCCOC(C)(C)C)OCO[C@@H]3C2)cc1Cl. The lowest BCUT2D eigenvalue weighted by Crippen LogP contribution is -2.54. The van der Waals surface area contributed by atoms with Gasteiger partial charge in [-0.2, -0.15) is 0 Å². The number of piperidine rings is 1. The van der Waals surface area contributed by atoms with Gasteiger partial charge in [-0.15, -0.1) is 0 Å². The smallest absolute Gasteiger partial charge is 0.254 e. The number of carbonyl (C=O) groups excluding carboxylic acids is 1. The number of hydrogen-bond acceptors (Lipinski definition) is 8. The molecule has 3 heterocycles. The van der Waals surface area contributed by atoms with Gasteiger partial charge in [0.2, 0.25) is 0 Å². The van der Waals surface area contributed by atoms with E-state index in [1.807, 2.05) is 67.5 Å². The maximum Gasteiger partial charge on any atom is 0.254 e. The molecule has 2 aliphatic rings. The lowest BCUT2D eigenvalue weighted by molar-refractivity contribution is -0.0502. The van der Waals surface area contributed by atoms with Gasteiger partial charge < -0.3 is 33.3 Å². The highest BCUT2D eigenvalue weighted by Crippen LogP contribution is 2.45. The standard InChI is InChI=1S/C30H41ClN2O7.C2H6/c1-28(2,3)38-16-14-35-23-10-9-21(18-22(23)31)27(34)33-13-11-30(25(19-33)37-20-40-30)26-24(8-7-12-32-26)36-15-17-39-29(4,5)6;1-2/h7-10,12,18,25H,11,13-17,19-20H2,1-6H3;1-2H3/t25-,30?;/m1./s1. The lowest BCUT2D eigenvalue weighted by Gasteiger charge is -2.41. The zero-order valence-electron chi connectivity index (χ0n) is 26.3. The fourth-order valence-corrected chi connectivity index (χ4v) is 4.99. The molecular formula is C32H47ClN2O7. The Morgan fingerprint density at radius 1 is 1.00 bits per heavy atom. The molecule has 2 atom stereocenters. The van der Waals surface area contributed by atoms with E-state index in [0.29, 0.717) is 73.7 Å². The van der Waals surface area contributed by atoms with Gasteiger partial charge in [0.1, 0.15) is 48.9 Å². The molecule has 42 heavy (non-hydrogen) atoms. The van der Waals surface area contributed by atoms with Crippen LogP contribution in [0.1, 0.15) is 77.9 Å². The van der Waals surface area contributed by atoms with Crippen molar-refractivity contribution in [3.63, 3.8) is 0 Å². The number of nitrogens with zero attached hydrogens (tertiary/aromatic N) is 2. The van der Waals surface area contributed by atoms with Gasteiger partial charge in [0.15, 0.2) is 0 Å². The second-order valence-corrected chi connectivity index (χ2v) is 12.3. The van der Waals surface area contributed by atoms with Gasteiger partial charge in [-0.3, -0.25) is 9.78 Å². The number of likely N-dealkylation sites (tertiary alicyclic amines) is 1. The van der Waals surface area contributed by atoms with Crippen molar-refractivity contribution in [3.8, 4) is 11.5 Å². The second-order valence-electron chi connectivity index (χ2n) is 11.9. The molecule has 1 unspecified atom stereocenters. The molecule has 234 valence electrons. The highest BCUT2D eigenvalue weighted by Gasteiger charge is 2.53. The Morgan fingerprint density at radius 3 is 2.26 bits per heavy atom. The molecule has 2 aromatic rings. The third kappa shape index (κ3) is 9.04. The van der Waals surface area contributed by atoms with Crippen LogP contribution in [0, 0.1) is 0 Å². The summed E-state index contributed by atoms with van der Waals surface area (Å²) in [4.78, 5) is 19.8. The Bertz CT molecular complexity index is 1160. The number of rotatable bonds is 10. The number of amides is 1. The van der Waals surface area contributed by atoms with Gasteiger partial charge >= 0.3 is 0 Å². The molecule has 2 saturated heterocycles.